The number of fused-ring (bicyclic) bond motifs is 1. The zero-order valence-corrected chi connectivity index (χ0v) is 21.4. The van der Waals surface area contributed by atoms with Gasteiger partial charge in [-0.15, -0.1) is 5.10 Å². The van der Waals surface area contributed by atoms with E-state index >= 15 is 0 Å². The van der Waals surface area contributed by atoms with E-state index in [1.165, 1.54) is 37.8 Å². The molecule has 6 rings (SSSR count). The minimum absolute atomic E-state index is 0.0554. The lowest BCUT2D eigenvalue weighted by Gasteiger charge is -2.53. The van der Waals surface area contributed by atoms with Crippen molar-refractivity contribution in [2.75, 3.05) is 29.9 Å². The van der Waals surface area contributed by atoms with Crippen molar-refractivity contribution in [3.8, 4) is 0 Å². The summed E-state index contributed by atoms with van der Waals surface area (Å²) < 4.78 is 0. The number of carbonyl (C=O) groups is 2. The molecule has 1 saturated carbocycles. The molecule has 1 saturated heterocycles. The van der Waals surface area contributed by atoms with Crippen LogP contribution in [0.1, 0.15) is 66.1 Å². The Morgan fingerprint density at radius 3 is 2.68 bits per heavy atom. The van der Waals surface area contributed by atoms with E-state index in [0.29, 0.717) is 30.5 Å². The fourth-order valence-electron chi connectivity index (χ4n) is 6.23. The average molecular weight is 499 g/mol. The van der Waals surface area contributed by atoms with Crippen molar-refractivity contribution in [3.05, 3.63) is 71.3 Å². The van der Waals surface area contributed by atoms with Crippen LogP contribution < -0.4 is 15.1 Å². The second kappa shape index (κ2) is 9.65. The van der Waals surface area contributed by atoms with E-state index in [2.05, 4.69) is 43.6 Å². The van der Waals surface area contributed by atoms with Gasteiger partial charge in [-0.3, -0.25) is 14.7 Å². The molecule has 0 radical (unpaired) electrons. The van der Waals surface area contributed by atoms with E-state index in [9.17, 15) is 9.59 Å². The summed E-state index contributed by atoms with van der Waals surface area (Å²) in [7, 11) is 1.80. The van der Waals surface area contributed by atoms with Gasteiger partial charge in [0.05, 0.1) is 0 Å². The van der Waals surface area contributed by atoms with Gasteiger partial charge < -0.3 is 15.1 Å². The number of aromatic amines is 1. The third-order valence-electron chi connectivity index (χ3n) is 8.35. The van der Waals surface area contributed by atoms with Gasteiger partial charge in [-0.05, 0) is 48.9 Å². The Bertz CT molecular complexity index is 1290. The quantitative estimate of drug-likeness (QED) is 0.557. The maximum absolute atomic E-state index is 13.4. The summed E-state index contributed by atoms with van der Waals surface area (Å²) in [6.45, 7) is 2.23. The molecule has 192 valence electrons. The number of nitrogens with one attached hydrogen (secondary N) is 2. The highest BCUT2D eigenvalue weighted by atomic mass is 16.2. The van der Waals surface area contributed by atoms with Crippen molar-refractivity contribution in [1.82, 2.24) is 20.5 Å². The minimum atomic E-state index is -0.626. The highest BCUT2D eigenvalue weighted by Gasteiger charge is 2.43. The first-order chi connectivity index (χ1) is 18.0. The van der Waals surface area contributed by atoms with Gasteiger partial charge in [0, 0.05) is 43.3 Å². The average Bonchev–Trinajstić information content (AvgIpc) is 3.34. The smallest absolute Gasteiger partial charge is 0.291 e. The Morgan fingerprint density at radius 2 is 1.89 bits per heavy atom. The topological polar surface area (TPSA) is 94.2 Å². The molecule has 1 unspecified atom stereocenters. The van der Waals surface area contributed by atoms with Crippen LogP contribution in [-0.4, -0.2) is 53.2 Å². The number of rotatable bonds is 5. The van der Waals surface area contributed by atoms with E-state index in [1.807, 2.05) is 30.3 Å². The standard InChI is InChI=1S/C29H34N6O2/c1-34-24-17-22(35-18-29(19-35)14-6-3-7-15-29)12-10-21(24)11-13-23(28(34)37)30-27(36)26-31-25(32-33-26)16-20-8-4-2-5-9-20/h2,4-5,8-10,12,17,23H,3,6-7,11,13-16,18-19H2,1H3,(H,30,36)(H,31,32,33). The Balaban J connectivity index is 1.11. The van der Waals surface area contributed by atoms with Crippen LogP contribution in [0, 0.1) is 5.41 Å². The monoisotopic (exact) mass is 498 g/mol. The number of benzene rings is 2. The number of hydrogen-bond donors (Lipinski definition) is 2. The summed E-state index contributed by atoms with van der Waals surface area (Å²) in [6, 6.07) is 15.8. The zero-order valence-electron chi connectivity index (χ0n) is 21.4. The molecular formula is C29H34N6O2. The van der Waals surface area contributed by atoms with Gasteiger partial charge >= 0.3 is 0 Å². The number of H-pyrrole nitrogens is 1. The maximum Gasteiger partial charge on any atom is 0.291 e. The lowest BCUT2D eigenvalue weighted by molar-refractivity contribution is -0.120. The van der Waals surface area contributed by atoms with Crippen molar-refractivity contribution in [1.29, 1.82) is 0 Å². The van der Waals surface area contributed by atoms with Crippen LogP contribution in [-0.2, 0) is 17.6 Å². The zero-order chi connectivity index (χ0) is 25.4. The Morgan fingerprint density at radius 1 is 1.11 bits per heavy atom. The van der Waals surface area contributed by atoms with Crippen LogP contribution in [0.25, 0.3) is 0 Å². The number of aromatic nitrogens is 3. The molecule has 1 atom stereocenters. The second-order valence-corrected chi connectivity index (χ2v) is 11.0. The van der Waals surface area contributed by atoms with Gasteiger partial charge in [0.15, 0.2) is 0 Å². The Labute approximate surface area is 217 Å². The van der Waals surface area contributed by atoms with Gasteiger partial charge in [0.2, 0.25) is 11.7 Å². The first-order valence-corrected chi connectivity index (χ1v) is 13.4. The molecule has 2 aliphatic heterocycles. The molecule has 3 heterocycles. The van der Waals surface area contributed by atoms with Crippen molar-refractivity contribution >= 4 is 23.2 Å². The lowest BCUT2D eigenvalue weighted by Crippen LogP contribution is -2.57. The predicted octanol–water partition coefficient (Wildman–Crippen LogP) is 3.87. The van der Waals surface area contributed by atoms with Crippen LogP contribution in [0.15, 0.2) is 48.5 Å². The van der Waals surface area contributed by atoms with Crippen LogP contribution in [0.4, 0.5) is 11.4 Å². The lowest BCUT2D eigenvalue weighted by atomic mass is 9.68. The highest BCUT2D eigenvalue weighted by molar-refractivity contribution is 6.02. The molecule has 2 N–H and O–H groups in total. The molecule has 2 fully saturated rings. The number of hydrogen-bond acceptors (Lipinski definition) is 5. The predicted molar refractivity (Wildman–Crippen MR) is 143 cm³/mol. The van der Waals surface area contributed by atoms with Crippen molar-refractivity contribution in [3.63, 3.8) is 0 Å². The van der Waals surface area contributed by atoms with Gasteiger partial charge in [-0.2, -0.15) is 0 Å². The normalized spacial score (nSPS) is 20.8. The van der Waals surface area contributed by atoms with E-state index in [0.717, 1.165) is 29.9 Å². The van der Waals surface area contributed by atoms with Crippen LogP contribution in [0.3, 0.4) is 0 Å². The van der Waals surface area contributed by atoms with Crippen molar-refractivity contribution in [2.24, 2.45) is 5.41 Å². The molecule has 8 nitrogen and oxygen atoms in total. The molecule has 2 amide bonds. The molecule has 1 aliphatic carbocycles. The van der Waals surface area contributed by atoms with Gasteiger partial charge in [-0.1, -0.05) is 55.7 Å². The number of carbonyl (C=O) groups excluding carboxylic acids is 2. The molecule has 3 aromatic rings. The third kappa shape index (κ3) is 4.72. The fraction of sp³-hybridized carbons (Fsp3) is 0.448. The Kier molecular flexibility index (Phi) is 6.18. The SMILES string of the molecule is CN1C(=O)C(NC(=O)c2n[nH]c(Cc3ccccc3)n2)CCc2ccc(N3CC4(CCCCC4)C3)cc21. The summed E-state index contributed by atoms with van der Waals surface area (Å²) >= 11 is 0. The minimum Gasteiger partial charge on any atom is -0.370 e. The number of anilines is 2. The second-order valence-electron chi connectivity index (χ2n) is 11.0. The van der Waals surface area contributed by atoms with E-state index in [1.54, 1.807) is 11.9 Å². The number of amides is 2. The molecule has 37 heavy (non-hydrogen) atoms. The molecule has 3 aliphatic rings. The first kappa shape index (κ1) is 23.7. The molecular weight excluding hydrogens is 464 g/mol. The molecule has 8 heteroatoms. The van der Waals surface area contributed by atoms with Crippen molar-refractivity contribution < 1.29 is 9.59 Å². The van der Waals surface area contributed by atoms with Crippen molar-refractivity contribution in [2.45, 2.75) is 57.4 Å². The van der Waals surface area contributed by atoms with E-state index in [-0.39, 0.29) is 11.7 Å². The number of nitrogens with zero attached hydrogens (tertiary/aromatic N) is 4. The van der Waals surface area contributed by atoms with Crippen LogP contribution in [0.2, 0.25) is 0 Å². The maximum atomic E-state index is 13.4. The summed E-state index contributed by atoms with van der Waals surface area (Å²) in [5, 5.41) is 9.82. The first-order valence-electron chi connectivity index (χ1n) is 13.4. The van der Waals surface area contributed by atoms with Crippen LogP contribution >= 0.6 is 0 Å². The molecule has 1 spiro atoms. The Hall–Kier alpha value is -3.68. The fourth-order valence-corrected chi connectivity index (χ4v) is 6.23. The summed E-state index contributed by atoms with van der Waals surface area (Å²) in [5.41, 5.74) is 4.84. The highest BCUT2D eigenvalue weighted by Crippen LogP contribution is 2.46. The molecule has 1 aromatic heterocycles. The summed E-state index contributed by atoms with van der Waals surface area (Å²) in [5.74, 6) is 0.116. The van der Waals surface area contributed by atoms with Gasteiger partial charge in [0.25, 0.3) is 5.91 Å². The largest absolute Gasteiger partial charge is 0.370 e. The van der Waals surface area contributed by atoms with Gasteiger partial charge in [0.1, 0.15) is 11.9 Å². The van der Waals surface area contributed by atoms with E-state index < -0.39 is 11.9 Å². The number of likely N-dealkylation sites (N-methyl/N-ethyl adjacent to an activating group) is 1. The summed E-state index contributed by atoms with van der Waals surface area (Å²) in [6.07, 6.45) is 8.57. The summed E-state index contributed by atoms with van der Waals surface area (Å²) in [4.78, 5) is 34.8. The molecule has 0 bridgehead atoms. The number of aryl methyl sites for hydroxylation is 1. The van der Waals surface area contributed by atoms with E-state index in [4.69, 9.17) is 0 Å². The van der Waals surface area contributed by atoms with Crippen LogP contribution in [0.5, 0.6) is 0 Å². The third-order valence-corrected chi connectivity index (χ3v) is 8.35. The molecule has 2 aromatic carbocycles. The van der Waals surface area contributed by atoms with Gasteiger partial charge in [-0.25, -0.2) is 4.98 Å².